The number of amides is 1. The van der Waals surface area contributed by atoms with Gasteiger partial charge in [-0.25, -0.2) is 4.79 Å². The lowest BCUT2D eigenvalue weighted by Crippen LogP contribution is -2.41. The summed E-state index contributed by atoms with van der Waals surface area (Å²) >= 11 is 0. The zero-order valence-corrected chi connectivity index (χ0v) is 10.6. The van der Waals surface area contributed by atoms with Crippen LogP contribution in [-0.2, 0) is 11.3 Å². The van der Waals surface area contributed by atoms with E-state index in [2.05, 4.69) is 0 Å². The minimum absolute atomic E-state index is 0.00474. The molecule has 1 fully saturated rings. The second kappa shape index (κ2) is 5.87. The van der Waals surface area contributed by atoms with E-state index in [1.165, 1.54) is 0 Å². The van der Waals surface area contributed by atoms with E-state index in [1.807, 2.05) is 37.3 Å². The largest absolute Gasteiger partial charge is 0.445 e. The molecule has 0 bridgehead atoms. The predicted octanol–water partition coefficient (Wildman–Crippen LogP) is 2.17. The number of carbonyl (C=O) groups is 1. The summed E-state index contributed by atoms with van der Waals surface area (Å²) in [7, 11) is 0. The first-order valence-electron chi connectivity index (χ1n) is 6.32. The highest BCUT2D eigenvalue weighted by atomic mass is 16.6. The van der Waals surface area contributed by atoms with E-state index in [4.69, 9.17) is 4.74 Å². The Kier molecular flexibility index (Phi) is 4.20. The Morgan fingerprint density at radius 3 is 2.78 bits per heavy atom. The monoisotopic (exact) mass is 249 g/mol. The van der Waals surface area contributed by atoms with Gasteiger partial charge in [0.15, 0.2) is 0 Å². The molecule has 0 spiro atoms. The summed E-state index contributed by atoms with van der Waals surface area (Å²) in [6, 6.07) is 9.65. The van der Waals surface area contributed by atoms with Gasteiger partial charge < -0.3 is 14.7 Å². The van der Waals surface area contributed by atoms with Gasteiger partial charge in [0.25, 0.3) is 0 Å². The van der Waals surface area contributed by atoms with Gasteiger partial charge in [0.2, 0.25) is 0 Å². The zero-order valence-electron chi connectivity index (χ0n) is 10.6. The van der Waals surface area contributed by atoms with Crippen LogP contribution >= 0.6 is 0 Å². The van der Waals surface area contributed by atoms with Crippen molar-refractivity contribution in [3.05, 3.63) is 35.9 Å². The van der Waals surface area contributed by atoms with Gasteiger partial charge in [-0.15, -0.1) is 0 Å². The third-order valence-corrected chi connectivity index (χ3v) is 3.41. The van der Waals surface area contributed by atoms with Crippen LogP contribution in [0.4, 0.5) is 4.79 Å². The van der Waals surface area contributed by atoms with Crippen LogP contribution < -0.4 is 0 Å². The Morgan fingerprint density at radius 2 is 2.11 bits per heavy atom. The molecule has 1 N–H and O–H groups in total. The minimum atomic E-state index is -0.331. The highest BCUT2D eigenvalue weighted by Crippen LogP contribution is 2.24. The van der Waals surface area contributed by atoms with Crippen molar-refractivity contribution in [3.63, 3.8) is 0 Å². The standard InChI is InChI=1S/C14H19NO3/c1-11-7-8-13(9-16)15(11)14(17)18-10-12-5-3-2-4-6-12/h2-6,11,13,16H,7-10H2,1H3/t11-,13+/m1/s1. The SMILES string of the molecule is C[C@@H]1CC[C@@H](CO)N1C(=O)OCc1ccccc1. The molecule has 1 heterocycles. The number of aliphatic hydroxyl groups is 1. The molecule has 1 aliphatic heterocycles. The summed E-state index contributed by atoms with van der Waals surface area (Å²) in [4.78, 5) is 13.6. The van der Waals surface area contributed by atoms with Crippen LogP contribution in [0.2, 0.25) is 0 Å². The summed E-state index contributed by atoms with van der Waals surface area (Å²) in [5.74, 6) is 0. The first-order chi connectivity index (χ1) is 8.72. The molecule has 1 aromatic carbocycles. The third-order valence-electron chi connectivity index (χ3n) is 3.41. The maximum Gasteiger partial charge on any atom is 0.410 e. The quantitative estimate of drug-likeness (QED) is 0.893. The minimum Gasteiger partial charge on any atom is -0.445 e. The van der Waals surface area contributed by atoms with Crippen molar-refractivity contribution < 1.29 is 14.6 Å². The first kappa shape index (κ1) is 12.9. The molecule has 2 atom stereocenters. The van der Waals surface area contributed by atoms with Gasteiger partial charge in [0.05, 0.1) is 12.6 Å². The summed E-state index contributed by atoms with van der Waals surface area (Å²) in [6.45, 7) is 2.27. The average molecular weight is 249 g/mol. The second-order valence-electron chi connectivity index (χ2n) is 4.71. The molecule has 0 aromatic heterocycles. The molecule has 98 valence electrons. The average Bonchev–Trinajstić information content (AvgIpc) is 2.78. The van der Waals surface area contributed by atoms with Crippen molar-refractivity contribution in [2.24, 2.45) is 0 Å². The number of benzene rings is 1. The predicted molar refractivity (Wildman–Crippen MR) is 68.0 cm³/mol. The first-order valence-corrected chi connectivity index (χ1v) is 6.32. The molecule has 4 heteroatoms. The molecule has 1 amide bonds. The van der Waals surface area contributed by atoms with Gasteiger partial charge in [0.1, 0.15) is 6.61 Å². The number of nitrogens with zero attached hydrogens (tertiary/aromatic N) is 1. The summed E-state index contributed by atoms with van der Waals surface area (Å²) in [6.07, 6.45) is 1.44. The number of likely N-dealkylation sites (tertiary alicyclic amines) is 1. The third kappa shape index (κ3) is 2.82. The van der Waals surface area contributed by atoms with E-state index in [-0.39, 0.29) is 31.4 Å². The van der Waals surface area contributed by atoms with Crippen LogP contribution in [0, 0.1) is 0 Å². The van der Waals surface area contributed by atoms with Crippen LogP contribution in [0.15, 0.2) is 30.3 Å². The van der Waals surface area contributed by atoms with Crippen LogP contribution in [0.3, 0.4) is 0 Å². The van der Waals surface area contributed by atoms with Crippen LogP contribution in [0.1, 0.15) is 25.3 Å². The topological polar surface area (TPSA) is 49.8 Å². The van der Waals surface area contributed by atoms with Gasteiger partial charge in [-0.1, -0.05) is 30.3 Å². The molecule has 4 nitrogen and oxygen atoms in total. The van der Waals surface area contributed by atoms with E-state index >= 15 is 0 Å². The van der Waals surface area contributed by atoms with Gasteiger partial charge in [0, 0.05) is 6.04 Å². The van der Waals surface area contributed by atoms with Crippen molar-refractivity contribution in [1.29, 1.82) is 0 Å². The Balaban J connectivity index is 1.91. The molecule has 2 rings (SSSR count). The Labute approximate surface area is 107 Å². The van der Waals surface area contributed by atoms with Crippen molar-refractivity contribution in [1.82, 2.24) is 4.90 Å². The lowest BCUT2D eigenvalue weighted by molar-refractivity contribution is 0.0677. The van der Waals surface area contributed by atoms with E-state index in [9.17, 15) is 9.90 Å². The van der Waals surface area contributed by atoms with E-state index in [0.717, 1.165) is 18.4 Å². The van der Waals surface area contributed by atoms with Crippen LogP contribution in [-0.4, -0.2) is 34.8 Å². The summed E-state index contributed by atoms with van der Waals surface area (Å²) in [5, 5.41) is 9.24. The summed E-state index contributed by atoms with van der Waals surface area (Å²) in [5.41, 5.74) is 0.971. The highest BCUT2D eigenvalue weighted by Gasteiger charge is 2.34. The van der Waals surface area contributed by atoms with Gasteiger partial charge in [-0.05, 0) is 25.3 Å². The maximum absolute atomic E-state index is 12.0. The van der Waals surface area contributed by atoms with E-state index in [1.54, 1.807) is 4.90 Å². The smallest absolute Gasteiger partial charge is 0.410 e. The van der Waals surface area contributed by atoms with Crippen molar-refractivity contribution in [2.75, 3.05) is 6.61 Å². The Morgan fingerprint density at radius 1 is 1.39 bits per heavy atom. The molecule has 0 saturated carbocycles. The second-order valence-corrected chi connectivity index (χ2v) is 4.71. The molecular formula is C14H19NO3. The number of ether oxygens (including phenoxy) is 1. The normalized spacial score (nSPS) is 23.1. The fourth-order valence-corrected chi connectivity index (χ4v) is 2.37. The van der Waals surface area contributed by atoms with Crippen molar-refractivity contribution in [2.45, 2.75) is 38.5 Å². The van der Waals surface area contributed by atoms with Gasteiger partial charge in [-0.3, -0.25) is 0 Å². The van der Waals surface area contributed by atoms with Crippen molar-refractivity contribution >= 4 is 6.09 Å². The van der Waals surface area contributed by atoms with Crippen LogP contribution in [0.5, 0.6) is 0 Å². The number of aliphatic hydroxyl groups excluding tert-OH is 1. The fraction of sp³-hybridized carbons (Fsp3) is 0.500. The number of hydrogen-bond acceptors (Lipinski definition) is 3. The lowest BCUT2D eigenvalue weighted by atomic mass is 10.2. The molecule has 0 aliphatic carbocycles. The van der Waals surface area contributed by atoms with Crippen LogP contribution in [0.25, 0.3) is 0 Å². The molecule has 0 radical (unpaired) electrons. The number of carbonyl (C=O) groups excluding carboxylic acids is 1. The molecule has 0 unspecified atom stereocenters. The lowest BCUT2D eigenvalue weighted by Gasteiger charge is -2.26. The fourth-order valence-electron chi connectivity index (χ4n) is 2.37. The molecule has 1 aliphatic rings. The Bertz CT molecular complexity index is 393. The zero-order chi connectivity index (χ0) is 13.0. The number of rotatable bonds is 3. The molecule has 18 heavy (non-hydrogen) atoms. The molecule has 1 aromatic rings. The van der Waals surface area contributed by atoms with E-state index in [0.29, 0.717) is 0 Å². The Hall–Kier alpha value is -1.55. The maximum atomic E-state index is 12.0. The van der Waals surface area contributed by atoms with Crippen molar-refractivity contribution in [3.8, 4) is 0 Å². The highest BCUT2D eigenvalue weighted by molar-refractivity contribution is 5.69. The molecule has 1 saturated heterocycles. The summed E-state index contributed by atoms with van der Waals surface area (Å²) < 4.78 is 5.29. The van der Waals surface area contributed by atoms with E-state index < -0.39 is 0 Å². The number of hydrogen-bond donors (Lipinski definition) is 1. The molecular weight excluding hydrogens is 230 g/mol. The van der Waals surface area contributed by atoms with Gasteiger partial charge in [-0.2, -0.15) is 0 Å². The van der Waals surface area contributed by atoms with Gasteiger partial charge >= 0.3 is 6.09 Å².